The average molecular weight is 420 g/mol. The number of rotatable bonds is 4. The molecule has 9 heteroatoms. The maximum atomic E-state index is 12.7. The van der Waals surface area contributed by atoms with Gasteiger partial charge in [-0.05, 0) is 60.1 Å². The quantitative estimate of drug-likeness (QED) is 0.627. The standard InChI is InChI=1S/C15H16BrF6NO/c16-12-2-1-11(15(20,21)22)9-13(12)24-8-7-23-5-3-10(4-6-23)14(17,18)19/h1-2,9-10H,3-8H2. The molecule has 0 bridgehead atoms. The van der Waals surface area contributed by atoms with Crippen LogP contribution in [0.1, 0.15) is 18.4 Å². The van der Waals surface area contributed by atoms with Gasteiger partial charge in [-0.2, -0.15) is 26.3 Å². The summed E-state index contributed by atoms with van der Waals surface area (Å²) in [6, 6.07) is 3.10. The van der Waals surface area contributed by atoms with Crippen molar-refractivity contribution in [2.75, 3.05) is 26.2 Å². The Bertz CT molecular complexity index is 552. The first-order chi connectivity index (χ1) is 11.1. The van der Waals surface area contributed by atoms with Gasteiger partial charge in [0.1, 0.15) is 12.4 Å². The first-order valence-electron chi connectivity index (χ1n) is 7.36. The second-order valence-corrected chi connectivity index (χ2v) is 6.50. The highest BCUT2D eigenvalue weighted by atomic mass is 79.9. The van der Waals surface area contributed by atoms with Crippen LogP contribution in [0.4, 0.5) is 26.3 Å². The highest BCUT2D eigenvalue weighted by molar-refractivity contribution is 9.10. The molecule has 1 heterocycles. The van der Waals surface area contributed by atoms with Crippen LogP contribution in [0, 0.1) is 5.92 Å². The largest absolute Gasteiger partial charge is 0.491 e. The predicted octanol–water partition coefficient (Wildman–Crippen LogP) is 5.12. The van der Waals surface area contributed by atoms with Crippen LogP contribution in [-0.2, 0) is 6.18 Å². The highest BCUT2D eigenvalue weighted by Crippen LogP contribution is 2.36. The second-order valence-electron chi connectivity index (χ2n) is 5.65. The van der Waals surface area contributed by atoms with E-state index in [1.165, 1.54) is 6.07 Å². The zero-order chi connectivity index (χ0) is 18.0. The Balaban J connectivity index is 1.83. The van der Waals surface area contributed by atoms with Gasteiger partial charge in [0.15, 0.2) is 0 Å². The molecule has 0 radical (unpaired) electrons. The number of benzene rings is 1. The molecule has 1 saturated heterocycles. The summed E-state index contributed by atoms with van der Waals surface area (Å²) < 4.78 is 81.5. The minimum Gasteiger partial charge on any atom is -0.491 e. The van der Waals surface area contributed by atoms with Crippen LogP contribution < -0.4 is 4.74 Å². The van der Waals surface area contributed by atoms with Crippen LogP contribution in [-0.4, -0.2) is 37.3 Å². The third-order valence-electron chi connectivity index (χ3n) is 3.97. The summed E-state index contributed by atoms with van der Waals surface area (Å²) in [5, 5.41) is 0. The normalized spacial score (nSPS) is 18.0. The third-order valence-corrected chi connectivity index (χ3v) is 4.63. The topological polar surface area (TPSA) is 12.5 Å². The number of likely N-dealkylation sites (tertiary alicyclic amines) is 1. The van der Waals surface area contributed by atoms with Gasteiger partial charge in [0, 0.05) is 6.54 Å². The van der Waals surface area contributed by atoms with E-state index in [4.69, 9.17) is 4.74 Å². The van der Waals surface area contributed by atoms with Crippen molar-refractivity contribution in [2.24, 2.45) is 5.92 Å². The maximum Gasteiger partial charge on any atom is 0.416 e. The summed E-state index contributed by atoms with van der Waals surface area (Å²) >= 11 is 3.12. The van der Waals surface area contributed by atoms with E-state index in [2.05, 4.69) is 15.9 Å². The zero-order valence-electron chi connectivity index (χ0n) is 12.6. The van der Waals surface area contributed by atoms with Gasteiger partial charge in [0.2, 0.25) is 0 Å². The Labute approximate surface area is 143 Å². The van der Waals surface area contributed by atoms with Crippen LogP contribution >= 0.6 is 15.9 Å². The molecule has 0 aromatic heterocycles. The first kappa shape index (κ1) is 19.4. The molecule has 24 heavy (non-hydrogen) atoms. The predicted molar refractivity (Wildman–Crippen MR) is 79.9 cm³/mol. The number of alkyl halides is 6. The van der Waals surface area contributed by atoms with Gasteiger partial charge in [-0.15, -0.1) is 0 Å². The van der Waals surface area contributed by atoms with Crippen molar-refractivity contribution in [3.8, 4) is 5.75 Å². The van der Waals surface area contributed by atoms with Crippen molar-refractivity contribution in [3.63, 3.8) is 0 Å². The lowest BCUT2D eigenvalue weighted by Crippen LogP contribution is -2.40. The number of halogens is 7. The minimum absolute atomic E-state index is 0.0384. The van der Waals surface area contributed by atoms with E-state index in [9.17, 15) is 26.3 Å². The van der Waals surface area contributed by atoms with Gasteiger partial charge in [0.25, 0.3) is 0 Å². The van der Waals surface area contributed by atoms with Gasteiger partial charge in [-0.3, -0.25) is 4.90 Å². The van der Waals surface area contributed by atoms with Gasteiger partial charge >= 0.3 is 12.4 Å². The molecule has 0 atom stereocenters. The van der Waals surface area contributed by atoms with Crippen molar-refractivity contribution in [1.29, 1.82) is 0 Å². The zero-order valence-corrected chi connectivity index (χ0v) is 14.1. The van der Waals surface area contributed by atoms with Crippen LogP contribution in [0.5, 0.6) is 5.75 Å². The van der Waals surface area contributed by atoms with E-state index in [0.29, 0.717) is 24.1 Å². The number of hydrogen-bond acceptors (Lipinski definition) is 2. The molecule has 0 saturated carbocycles. The lowest BCUT2D eigenvalue weighted by molar-refractivity contribution is -0.185. The highest BCUT2D eigenvalue weighted by Gasteiger charge is 2.40. The molecule has 1 aromatic carbocycles. The molecule has 0 unspecified atom stereocenters. The summed E-state index contributed by atoms with van der Waals surface area (Å²) in [6.45, 7) is 1.08. The molecular weight excluding hydrogens is 404 g/mol. The Morgan fingerprint density at radius 2 is 1.71 bits per heavy atom. The van der Waals surface area contributed by atoms with Crippen molar-refractivity contribution >= 4 is 15.9 Å². The number of ether oxygens (including phenoxy) is 1. The molecule has 1 aromatic rings. The van der Waals surface area contributed by atoms with Crippen molar-refractivity contribution in [2.45, 2.75) is 25.2 Å². The lowest BCUT2D eigenvalue weighted by atomic mass is 9.96. The lowest BCUT2D eigenvalue weighted by Gasteiger charge is -2.32. The van der Waals surface area contributed by atoms with Gasteiger partial charge in [-0.1, -0.05) is 0 Å². The van der Waals surface area contributed by atoms with E-state index < -0.39 is 23.8 Å². The SMILES string of the molecule is FC(F)(F)c1ccc(Br)c(OCCN2CCC(C(F)(F)F)CC2)c1. The number of hydrogen-bond donors (Lipinski definition) is 0. The first-order valence-corrected chi connectivity index (χ1v) is 8.15. The number of piperidine rings is 1. The molecule has 1 fully saturated rings. The molecule has 1 aliphatic heterocycles. The molecule has 0 amide bonds. The molecule has 2 rings (SSSR count). The van der Waals surface area contributed by atoms with Crippen molar-refractivity contribution < 1.29 is 31.1 Å². The summed E-state index contributed by atoms with van der Waals surface area (Å²) in [6.07, 6.45) is -8.54. The van der Waals surface area contributed by atoms with Crippen molar-refractivity contribution in [3.05, 3.63) is 28.2 Å². The molecular formula is C15H16BrF6NO. The summed E-state index contributed by atoms with van der Waals surface area (Å²) in [5.41, 5.74) is -0.813. The molecule has 136 valence electrons. The summed E-state index contributed by atoms with van der Waals surface area (Å²) in [4.78, 5) is 1.82. The minimum atomic E-state index is -4.46. The summed E-state index contributed by atoms with van der Waals surface area (Å²) in [7, 11) is 0. The molecule has 0 spiro atoms. The number of nitrogens with zero attached hydrogens (tertiary/aromatic N) is 1. The maximum absolute atomic E-state index is 12.7. The van der Waals surface area contributed by atoms with Crippen LogP contribution in [0.3, 0.4) is 0 Å². The molecule has 0 N–H and O–H groups in total. The van der Waals surface area contributed by atoms with E-state index >= 15 is 0 Å². The molecule has 2 nitrogen and oxygen atoms in total. The molecule has 1 aliphatic rings. The fraction of sp³-hybridized carbons (Fsp3) is 0.600. The van der Waals surface area contributed by atoms with Crippen LogP contribution in [0.25, 0.3) is 0 Å². The Kier molecular flexibility index (Phi) is 6.06. The Morgan fingerprint density at radius 1 is 1.08 bits per heavy atom. The van der Waals surface area contributed by atoms with Gasteiger partial charge in [0.05, 0.1) is 16.0 Å². The fourth-order valence-electron chi connectivity index (χ4n) is 2.56. The second kappa shape index (κ2) is 7.51. The van der Waals surface area contributed by atoms with E-state index in [1.54, 1.807) is 0 Å². The van der Waals surface area contributed by atoms with Crippen LogP contribution in [0.15, 0.2) is 22.7 Å². The monoisotopic (exact) mass is 419 g/mol. The molecule has 0 aliphatic carbocycles. The average Bonchev–Trinajstić information content (AvgIpc) is 2.47. The van der Waals surface area contributed by atoms with E-state index in [0.717, 1.165) is 12.1 Å². The van der Waals surface area contributed by atoms with Gasteiger partial charge < -0.3 is 4.74 Å². The van der Waals surface area contributed by atoms with Gasteiger partial charge in [-0.25, -0.2) is 0 Å². The Hall–Kier alpha value is -0.960. The van der Waals surface area contributed by atoms with E-state index in [1.807, 2.05) is 4.90 Å². The van der Waals surface area contributed by atoms with Crippen LogP contribution in [0.2, 0.25) is 0 Å². The Morgan fingerprint density at radius 3 is 2.25 bits per heavy atom. The smallest absolute Gasteiger partial charge is 0.416 e. The van der Waals surface area contributed by atoms with Crippen molar-refractivity contribution in [1.82, 2.24) is 4.90 Å². The summed E-state index contributed by atoms with van der Waals surface area (Å²) in [5.74, 6) is -1.21. The third kappa shape index (κ3) is 5.27. The van der Waals surface area contributed by atoms with E-state index in [-0.39, 0.29) is 25.2 Å². The fourth-order valence-corrected chi connectivity index (χ4v) is 2.92.